The lowest BCUT2D eigenvalue weighted by molar-refractivity contribution is 0.164. The van der Waals surface area contributed by atoms with Crippen LogP contribution >= 0.6 is 23.4 Å². The van der Waals surface area contributed by atoms with Gasteiger partial charge in [-0.3, -0.25) is 0 Å². The van der Waals surface area contributed by atoms with Crippen molar-refractivity contribution in [1.82, 2.24) is 14.8 Å². The van der Waals surface area contributed by atoms with Crippen molar-refractivity contribution >= 4 is 23.4 Å². The predicted octanol–water partition coefficient (Wildman–Crippen LogP) is 3.26. The smallest absolute Gasteiger partial charge is 0.191 e. The zero-order valence-electron chi connectivity index (χ0n) is 11.0. The second kappa shape index (κ2) is 6.93. The van der Waals surface area contributed by atoms with E-state index in [2.05, 4.69) is 10.2 Å². The van der Waals surface area contributed by atoms with Crippen molar-refractivity contribution in [3.05, 3.63) is 29.3 Å². The van der Waals surface area contributed by atoms with Crippen LogP contribution in [0.3, 0.4) is 0 Å². The molecular formula is C13H16ClN3OS. The van der Waals surface area contributed by atoms with Gasteiger partial charge in [-0.25, -0.2) is 0 Å². The van der Waals surface area contributed by atoms with Gasteiger partial charge in [-0.15, -0.1) is 10.2 Å². The minimum atomic E-state index is 0.720. The molecule has 0 unspecified atom stereocenters. The highest BCUT2D eigenvalue weighted by atomic mass is 35.5. The first kappa shape index (κ1) is 14.4. The number of hydrogen-bond acceptors (Lipinski definition) is 4. The van der Waals surface area contributed by atoms with Gasteiger partial charge in [-0.05, 0) is 31.2 Å². The fraction of sp³-hybridized carbons (Fsp3) is 0.385. The number of halogens is 1. The van der Waals surface area contributed by atoms with Gasteiger partial charge in [0.2, 0.25) is 0 Å². The number of rotatable bonds is 6. The fourth-order valence-electron chi connectivity index (χ4n) is 1.63. The van der Waals surface area contributed by atoms with Crippen LogP contribution in [0.5, 0.6) is 0 Å². The summed E-state index contributed by atoms with van der Waals surface area (Å²) in [5, 5.41) is 10.0. The van der Waals surface area contributed by atoms with Crippen molar-refractivity contribution in [3.63, 3.8) is 0 Å². The maximum atomic E-state index is 5.88. The minimum Gasteiger partial charge on any atom is -0.381 e. The Morgan fingerprint density at radius 2 is 2.00 bits per heavy atom. The molecule has 2 aromatic rings. The van der Waals surface area contributed by atoms with Crippen LogP contribution in [-0.2, 0) is 11.8 Å². The Balaban J connectivity index is 2.07. The Kier molecular flexibility index (Phi) is 5.24. The van der Waals surface area contributed by atoms with Crippen LogP contribution in [0.15, 0.2) is 29.4 Å². The highest BCUT2D eigenvalue weighted by molar-refractivity contribution is 7.99. The van der Waals surface area contributed by atoms with E-state index < -0.39 is 0 Å². The van der Waals surface area contributed by atoms with Crippen LogP contribution in [0.4, 0.5) is 0 Å². The molecule has 2 rings (SSSR count). The van der Waals surface area contributed by atoms with Crippen molar-refractivity contribution in [2.75, 3.05) is 19.0 Å². The first-order chi connectivity index (χ1) is 9.22. The molecule has 0 radical (unpaired) electrons. The van der Waals surface area contributed by atoms with Crippen LogP contribution in [0.2, 0.25) is 5.02 Å². The van der Waals surface area contributed by atoms with Crippen LogP contribution in [0.25, 0.3) is 11.4 Å². The molecule has 0 saturated heterocycles. The fourth-order valence-corrected chi connectivity index (χ4v) is 2.52. The van der Waals surface area contributed by atoms with E-state index in [1.165, 1.54) is 0 Å². The van der Waals surface area contributed by atoms with E-state index in [-0.39, 0.29) is 0 Å². The van der Waals surface area contributed by atoms with Crippen LogP contribution in [-0.4, -0.2) is 33.7 Å². The van der Waals surface area contributed by atoms with Crippen LogP contribution < -0.4 is 0 Å². The van der Waals surface area contributed by atoms with Crippen LogP contribution in [0.1, 0.15) is 6.92 Å². The van der Waals surface area contributed by atoms with E-state index in [1.54, 1.807) is 11.8 Å². The average Bonchev–Trinajstić information content (AvgIpc) is 2.77. The molecule has 0 saturated carbocycles. The lowest BCUT2D eigenvalue weighted by Crippen LogP contribution is -1.99. The second-order valence-corrected chi connectivity index (χ2v) is 5.42. The monoisotopic (exact) mass is 297 g/mol. The Hall–Kier alpha value is -1.04. The molecule has 0 fully saturated rings. The molecule has 0 amide bonds. The van der Waals surface area contributed by atoms with Gasteiger partial charge in [0.1, 0.15) is 0 Å². The summed E-state index contributed by atoms with van der Waals surface area (Å²) < 4.78 is 7.29. The van der Waals surface area contributed by atoms with Gasteiger partial charge in [-0.1, -0.05) is 23.4 Å². The number of thioether (sulfide) groups is 1. The summed E-state index contributed by atoms with van der Waals surface area (Å²) in [5.41, 5.74) is 1.01. The largest absolute Gasteiger partial charge is 0.381 e. The highest BCUT2D eigenvalue weighted by Gasteiger charge is 2.10. The molecule has 4 nitrogen and oxygen atoms in total. The zero-order chi connectivity index (χ0) is 13.7. The van der Waals surface area contributed by atoms with E-state index >= 15 is 0 Å². The first-order valence-electron chi connectivity index (χ1n) is 6.08. The third-order valence-corrected chi connectivity index (χ3v) is 3.84. The van der Waals surface area contributed by atoms with Crippen molar-refractivity contribution in [2.45, 2.75) is 12.1 Å². The Bertz CT molecular complexity index is 527. The second-order valence-electron chi connectivity index (χ2n) is 3.92. The summed E-state index contributed by atoms with van der Waals surface area (Å²) >= 11 is 7.53. The molecular weight excluding hydrogens is 282 g/mol. The quantitative estimate of drug-likeness (QED) is 0.606. The summed E-state index contributed by atoms with van der Waals surface area (Å²) in [6.45, 7) is 3.46. The Morgan fingerprint density at radius 3 is 2.68 bits per heavy atom. The molecule has 0 atom stereocenters. The number of hydrogen-bond donors (Lipinski definition) is 0. The SMILES string of the molecule is CCOCCSc1nnc(-c2ccc(Cl)cc2)n1C. The molecule has 19 heavy (non-hydrogen) atoms. The molecule has 0 aliphatic heterocycles. The van der Waals surface area contributed by atoms with Crippen molar-refractivity contribution in [3.8, 4) is 11.4 Å². The van der Waals surface area contributed by atoms with Gasteiger partial charge in [0.25, 0.3) is 0 Å². The number of nitrogens with zero attached hydrogens (tertiary/aromatic N) is 3. The molecule has 1 aromatic heterocycles. The van der Waals surface area contributed by atoms with Crippen molar-refractivity contribution < 1.29 is 4.74 Å². The standard InChI is InChI=1S/C13H16ClN3OS/c1-3-18-8-9-19-13-16-15-12(17(13)2)10-4-6-11(14)7-5-10/h4-7H,3,8-9H2,1-2H3. The topological polar surface area (TPSA) is 39.9 Å². The maximum absolute atomic E-state index is 5.88. The average molecular weight is 298 g/mol. The molecule has 0 bridgehead atoms. The number of aromatic nitrogens is 3. The Labute approximate surface area is 122 Å². The van der Waals surface area contributed by atoms with E-state index in [0.717, 1.165) is 40.5 Å². The van der Waals surface area contributed by atoms with E-state index in [9.17, 15) is 0 Å². The molecule has 1 aromatic carbocycles. The van der Waals surface area contributed by atoms with Gasteiger partial charge in [0.15, 0.2) is 11.0 Å². The van der Waals surface area contributed by atoms with Gasteiger partial charge in [0, 0.05) is 30.0 Å². The summed E-state index contributed by atoms with van der Waals surface area (Å²) in [6.07, 6.45) is 0. The lowest BCUT2D eigenvalue weighted by Gasteiger charge is -2.04. The van der Waals surface area contributed by atoms with Crippen LogP contribution in [0, 0.1) is 0 Å². The zero-order valence-corrected chi connectivity index (χ0v) is 12.5. The summed E-state index contributed by atoms with van der Waals surface area (Å²) in [4.78, 5) is 0. The third-order valence-electron chi connectivity index (χ3n) is 2.60. The summed E-state index contributed by atoms with van der Waals surface area (Å²) in [5.74, 6) is 1.72. The van der Waals surface area contributed by atoms with E-state index in [4.69, 9.17) is 16.3 Å². The molecule has 1 heterocycles. The molecule has 0 aliphatic carbocycles. The molecule has 0 N–H and O–H groups in total. The number of ether oxygens (including phenoxy) is 1. The highest BCUT2D eigenvalue weighted by Crippen LogP contribution is 2.23. The maximum Gasteiger partial charge on any atom is 0.191 e. The van der Waals surface area contributed by atoms with Gasteiger partial charge in [-0.2, -0.15) is 0 Å². The molecule has 6 heteroatoms. The molecule has 102 valence electrons. The molecule has 0 spiro atoms. The Morgan fingerprint density at radius 1 is 1.26 bits per heavy atom. The van der Waals surface area contributed by atoms with Crippen molar-refractivity contribution in [2.24, 2.45) is 7.05 Å². The minimum absolute atomic E-state index is 0.720. The first-order valence-corrected chi connectivity index (χ1v) is 7.44. The van der Waals surface area contributed by atoms with E-state index in [1.807, 2.05) is 42.8 Å². The normalized spacial score (nSPS) is 10.9. The number of benzene rings is 1. The van der Waals surface area contributed by atoms with Crippen molar-refractivity contribution in [1.29, 1.82) is 0 Å². The van der Waals surface area contributed by atoms with Gasteiger partial charge in [0.05, 0.1) is 6.61 Å². The third kappa shape index (κ3) is 3.72. The summed E-state index contributed by atoms with van der Waals surface area (Å²) in [7, 11) is 1.97. The van der Waals surface area contributed by atoms with Gasteiger partial charge >= 0.3 is 0 Å². The van der Waals surface area contributed by atoms with Gasteiger partial charge < -0.3 is 9.30 Å². The van der Waals surface area contributed by atoms with E-state index in [0.29, 0.717) is 0 Å². The predicted molar refractivity (Wildman–Crippen MR) is 78.7 cm³/mol. The summed E-state index contributed by atoms with van der Waals surface area (Å²) in [6, 6.07) is 7.60. The lowest BCUT2D eigenvalue weighted by atomic mass is 10.2. The molecule has 0 aliphatic rings.